The fourth-order valence-electron chi connectivity index (χ4n) is 9.86. The fraction of sp³-hybridized carbons (Fsp3) is 0.0727. The Balaban J connectivity index is 1.00. The van der Waals surface area contributed by atoms with Crippen LogP contribution in [0.5, 0.6) is 11.5 Å². The highest BCUT2D eigenvalue weighted by Crippen LogP contribution is 2.61. The smallest absolute Gasteiger partial charge is 0.164 e. The van der Waals surface area contributed by atoms with Gasteiger partial charge in [-0.25, -0.2) is 15.0 Å². The first kappa shape index (κ1) is 34.8. The van der Waals surface area contributed by atoms with Gasteiger partial charge in [0.05, 0.1) is 5.41 Å². The zero-order valence-electron chi connectivity index (χ0n) is 33.1. The number of benzene rings is 8. The molecule has 284 valence electrons. The molecule has 2 aliphatic rings. The Hall–Kier alpha value is -7.21. The number of fused-ring (bicyclic) bond motifs is 11. The molecule has 10 aromatic rings. The van der Waals surface area contributed by atoms with E-state index in [4.69, 9.17) is 19.7 Å². The van der Waals surface area contributed by atoms with Crippen LogP contribution in [-0.4, -0.2) is 15.0 Å². The zero-order chi connectivity index (χ0) is 40.0. The van der Waals surface area contributed by atoms with Crippen molar-refractivity contribution < 1.29 is 4.74 Å². The maximum atomic E-state index is 6.91. The van der Waals surface area contributed by atoms with Crippen LogP contribution in [0.4, 0.5) is 0 Å². The molecule has 0 amide bonds. The number of para-hydroxylation sites is 1. The van der Waals surface area contributed by atoms with Gasteiger partial charge >= 0.3 is 0 Å². The molecule has 60 heavy (non-hydrogen) atoms. The van der Waals surface area contributed by atoms with Crippen LogP contribution in [0.15, 0.2) is 188 Å². The Bertz CT molecular complexity index is 3300. The van der Waals surface area contributed by atoms with Gasteiger partial charge in [-0.1, -0.05) is 172 Å². The van der Waals surface area contributed by atoms with Crippen molar-refractivity contribution in [2.75, 3.05) is 0 Å². The topological polar surface area (TPSA) is 47.9 Å². The molecule has 1 aliphatic carbocycles. The third-order valence-corrected chi connectivity index (χ3v) is 13.8. The molecule has 5 heteroatoms. The van der Waals surface area contributed by atoms with Gasteiger partial charge in [-0.05, 0) is 63.7 Å². The molecule has 4 nitrogen and oxygen atoms in total. The van der Waals surface area contributed by atoms with E-state index in [1.54, 1.807) is 11.3 Å². The minimum absolute atomic E-state index is 0.174. The van der Waals surface area contributed by atoms with Gasteiger partial charge < -0.3 is 4.74 Å². The third-order valence-electron chi connectivity index (χ3n) is 12.7. The van der Waals surface area contributed by atoms with Crippen LogP contribution in [-0.2, 0) is 10.8 Å². The first-order chi connectivity index (χ1) is 29.5. The van der Waals surface area contributed by atoms with E-state index in [9.17, 15) is 0 Å². The normalized spacial score (nSPS) is 14.2. The molecule has 1 spiro atoms. The van der Waals surface area contributed by atoms with E-state index in [2.05, 4.69) is 184 Å². The van der Waals surface area contributed by atoms with Crippen molar-refractivity contribution >= 4 is 31.5 Å². The summed E-state index contributed by atoms with van der Waals surface area (Å²) in [6.07, 6.45) is 0. The summed E-state index contributed by atoms with van der Waals surface area (Å²) >= 11 is 1.80. The molecule has 0 saturated heterocycles. The van der Waals surface area contributed by atoms with E-state index in [0.29, 0.717) is 17.5 Å². The summed E-state index contributed by atoms with van der Waals surface area (Å²) in [7, 11) is 0. The molecule has 8 aromatic carbocycles. The lowest BCUT2D eigenvalue weighted by atomic mass is 9.53. The second-order valence-corrected chi connectivity index (χ2v) is 17.4. The van der Waals surface area contributed by atoms with Crippen LogP contribution < -0.4 is 4.74 Å². The van der Waals surface area contributed by atoms with Crippen molar-refractivity contribution in [1.82, 2.24) is 15.0 Å². The predicted octanol–water partition coefficient (Wildman–Crippen LogP) is 14.0. The second kappa shape index (κ2) is 13.2. The van der Waals surface area contributed by atoms with Crippen LogP contribution in [0.3, 0.4) is 0 Å². The van der Waals surface area contributed by atoms with E-state index >= 15 is 0 Å². The van der Waals surface area contributed by atoms with E-state index in [1.807, 2.05) is 18.2 Å². The second-order valence-electron chi connectivity index (χ2n) is 16.3. The Kier molecular flexibility index (Phi) is 7.63. The number of aromatic nitrogens is 3. The fourth-order valence-corrected chi connectivity index (χ4v) is 11.0. The largest absolute Gasteiger partial charge is 0.457 e. The van der Waals surface area contributed by atoms with Gasteiger partial charge in [-0.2, -0.15) is 0 Å². The Morgan fingerprint density at radius 1 is 0.367 bits per heavy atom. The Morgan fingerprint density at radius 2 is 0.883 bits per heavy atom. The van der Waals surface area contributed by atoms with Crippen molar-refractivity contribution in [3.63, 3.8) is 0 Å². The first-order valence-electron chi connectivity index (χ1n) is 20.4. The quantitative estimate of drug-likeness (QED) is 0.178. The number of rotatable bonds is 4. The molecule has 12 rings (SSSR count). The molecule has 0 fully saturated rings. The Morgan fingerprint density at radius 3 is 1.63 bits per heavy atom. The summed E-state index contributed by atoms with van der Waals surface area (Å²) in [5, 5.41) is 2.51. The number of ether oxygens (including phenoxy) is 1. The van der Waals surface area contributed by atoms with E-state index < -0.39 is 5.41 Å². The van der Waals surface area contributed by atoms with Crippen molar-refractivity contribution in [2.45, 2.75) is 24.7 Å². The zero-order valence-corrected chi connectivity index (χ0v) is 33.9. The maximum Gasteiger partial charge on any atom is 0.164 e. The lowest BCUT2D eigenvalue weighted by Crippen LogP contribution is -2.43. The number of hydrogen-bond donors (Lipinski definition) is 0. The number of hydrogen-bond acceptors (Lipinski definition) is 5. The number of thiophene rings is 1. The molecule has 0 radical (unpaired) electrons. The predicted molar refractivity (Wildman–Crippen MR) is 245 cm³/mol. The molecular weight excluding hydrogens is 751 g/mol. The van der Waals surface area contributed by atoms with Crippen LogP contribution in [0.25, 0.3) is 65.5 Å². The molecule has 1 aliphatic heterocycles. The highest BCUT2D eigenvalue weighted by molar-refractivity contribution is 7.25. The minimum Gasteiger partial charge on any atom is -0.457 e. The van der Waals surface area contributed by atoms with Crippen LogP contribution >= 0.6 is 11.3 Å². The summed E-state index contributed by atoms with van der Waals surface area (Å²) < 4.78 is 9.39. The molecule has 0 unspecified atom stereocenters. The molecular formula is C55H37N3OS. The van der Waals surface area contributed by atoms with E-state index in [-0.39, 0.29) is 5.41 Å². The van der Waals surface area contributed by atoms with Gasteiger partial charge in [0, 0.05) is 53.4 Å². The molecule has 0 atom stereocenters. The van der Waals surface area contributed by atoms with Gasteiger partial charge in [0.2, 0.25) is 0 Å². The molecule has 0 saturated carbocycles. The van der Waals surface area contributed by atoms with Crippen LogP contribution in [0.2, 0.25) is 0 Å². The average Bonchev–Trinajstić information content (AvgIpc) is 3.68. The summed E-state index contributed by atoms with van der Waals surface area (Å²) in [4.78, 5) is 15.3. The lowest BCUT2D eigenvalue weighted by molar-refractivity contribution is 0.425. The van der Waals surface area contributed by atoms with Gasteiger partial charge in [0.15, 0.2) is 17.5 Å². The summed E-state index contributed by atoms with van der Waals surface area (Å²) in [5.41, 5.74) is 11.7. The third kappa shape index (κ3) is 5.12. The lowest BCUT2D eigenvalue weighted by Gasteiger charge is -2.50. The highest BCUT2D eigenvalue weighted by Gasteiger charge is 2.52. The molecule has 0 N–H and O–H groups in total. The molecule has 3 heterocycles. The summed E-state index contributed by atoms with van der Waals surface area (Å²) in [5.74, 6) is 3.63. The van der Waals surface area contributed by atoms with Crippen molar-refractivity contribution in [3.05, 3.63) is 221 Å². The minimum atomic E-state index is -0.554. The van der Waals surface area contributed by atoms with Crippen LogP contribution in [0, 0.1) is 0 Å². The van der Waals surface area contributed by atoms with Crippen molar-refractivity contribution in [3.8, 4) is 56.8 Å². The van der Waals surface area contributed by atoms with Gasteiger partial charge in [0.25, 0.3) is 0 Å². The molecule has 2 aromatic heterocycles. The SMILES string of the molecule is CC1(C)c2ccccc2C2(c3ccccc3Oc3cc(-c4cccc(-c5nc(-c6ccccc6)nc(-c6ccc7c(c6)sc6ccccc67)n5)c4)ccc32)c2ccccc21. The van der Waals surface area contributed by atoms with E-state index in [0.717, 1.165) is 50.4 Å². The highest BCUT2D eigenvalue weighted by atomic mass is 32.1. The number of nitrogens with zero attached hydrogens (tertiary/aromatic N) is 3. The first-order valence-corrected chi connectivity index (χ1v) is 21.2. The summed E-state index contributed by atoms with van der Waals surface area (Å²) in [6, 6.07) is 67.1. The van der Waals surface area contributed by atoms with Gasteiger partial charge in [0.1, 0.15) is 11.5 Å². The van der Waals surface area contributed by atoms with Crippen molar-refractivity contribution in [1.29, 1.82) is 0 Å². The van der Waals surface area contributed by atoms with Crippen molar-refractivity contribution in [2.24, 2.45) is 0 Å². The van der Waals surface area contributed by atoms with E-state index in [1.165, 1.54) is 42.4 Å². The van der Waals surface area contributed by atoms with Crippen LogP contribution in [0.1, 0.15) is 47.2 Å². The van der Waals surface area contributed by atoms with Gasteiger partial charge in [-0.3, -0.25) is 0 Å². The Labute approximate surface area is 352 Å². The molecule has 0 bridgehead atoms. The van der Waals surface area contributed by atoms with Gasteiger partial charge in [-0.15, -0.1) is 11.3 Å². The summed E-state index contributed by atoms with van der Waals surface area (Å²) in [6.45, 7) is 4.70. The monoisotopic (exact) mass is 787 g/mol. The maximum absolute atomic E-state index is 6.91. The standard InChI is InChI=1S/C55H37N3OS/c1-54(2)41-20-7-9-22-43(41)55(44-23-10-8-21-42(44)54)45-24-11-12-25-47(45)59-48-32-36(28-30-46(48)55)35-17-14-18-37(31-35)52-56-51(34-15-4-3-5-16-34)57-53(58-52)38-27-29-40-39-19-6-13-26-49(39)60-50(40)33-38/h3-33H,1-2H3. The average molecular weight is 788 g/mol.